The largest absolute Gasteiger partial charge is 0.468 e. The molecule has 0 spiro atoms. The number of thioether (sulfide) groups is 1. The second-order valence-electron chi connectivity index (χ2n) is 3.55. The normalized spacial score (nSPS) is 12.5. The van der Waals surface area contributed by atoms with Gasteiger partial charge in [-0.1, -0.05) is 0 Å². The molecule has 16 heavy (non-hydrogen) atoms. The van der Waals surface area contributed by atoms with Gasteiger partial charge in [0.05, 0.1) is 12.8 Å². The smallest absolute Gasteiger partial charge is 0.323 e. The van der Waals surface area contributed by atoms with Crippen molar-refractivity contribution in [1.82, 2.24) is 9.78 Å². The summed E-state index contributed by atoms with van der Waals surface area (Å²) in [6, 6.07) is 1.47. The summed E-state index contributed by atoms with van der Waals surface area (Å²) in [6.07, 6.45) is 0. The molecule has 1 aromatic rings. The molecule has 0 aromatic carbocycles. The summed E-state index contributed by atoms with van der Waals surface area (Å²) < 4.78 is 6.39. The first-order valence-corrected chi connectivity index (χ1v) is 6.10. The third-order valence-corrected chi connectivity index (χ3v) is 3.24. The molecule has 0 fully saturated rings. The molecule has 0 radical (unpaired) electrons. The zero-order valence-electron chi connectivity index (χ0n) is 9.77. The van der Waals surface area contributed by atoms with Gasteiger partial charge in [-0.25, -0.2) is 0 Å². The van der Waals surface area contributed by atoms with Gasteiger partial charge >= 0.3 is 5.97 Å². The highest BCUT2D eigenvalue weighted by molar-refractivity contribution is 7.98. The van der Waals surface area contributed by atoms with Gasteiger partial charge in [0.25, 0.3) is 0 Å². The lowest BCUT2D eigenvalue weighted by Crippen LogP contribution is -2.33. The number of methoxy groups -OCH3 is 1. The van der Waals surface area contributed by atoms with E-state index in [2.05, 4.69) is 9.84 Å². The average Bonchev–Trinajstić information content (AvgIpc) is 2.56. The number of rotatable bonds is 5. The van der Waals surface area contributed by atoms with E-state index in [4.69, 9.17) is 5.73 Å². The number of aryl methyl sites for hydroxylation is 2. The molecule has 0 aliphatic carbocycles. The van der Waals surface area contributed by atoms with Crippen LogP contribution in [-0.4, -0.2) is 34.7 Å². The highest BCUT2D eigenvalue weighted by atomic mass is 32.2. The maximum atomic E-state index is 11.0. The number of esters is 1. The topological polar surface area (TPSA) is 70.1 Å². The first-order valence-electron chi connectivity index (χ1n) is 4.95. The number of ether oxygens (including phenoxy) is 1. The maximum Gasteiger partial charge on any atom is 0.323 e. The summed E-state index contributed by atoms with van der Waals surface area (Å²) in [6.45, 7) is 1.95. The van der Waals surface area contributed by atoms with E-state index in [1.54, 1.807) is 11.8 Å². The van der Waals surface area contributed by atoms with Gasteiger partial charge in [-0.15, -0.1) is 0 Å². The van der Waals surface area contributed by atoms with Crippen molar-refractivity contribution in [3.05, 3.63) is 17.5 Å². The van der Waals surface area contributed by atoms with E-state index in [1.165, 1.54) is 7.11 Å². The Bertz CT molecular complexity index is 365. The van der Waals surface area contributed by atoms with Crippen LogP contribution in [0.2, 0.25) is 0 Å². The zero-order valence-corrected chi connectivity index (χ0v) is 10.6. The minimum Gasteiger partial charge on any atom is -0.468 e. The molecule has 1 rings (SSSR count). The van der Waals surface area contributed by atoms with Gasteiger partial charge in [-0.3, -0.25) is 9.48 Å². The van der Waals surface area contributed by atoms with Crippen LogP contribution in [0.4, 0.5) is 0 Å². The predicted molar refractivity (Wildman–Crippen MR) is 64.1 cm³/mol. The number of nitrogens with two attached hydrogens (primary N) is 1. The second kappa shape index (κ2) is 5.91. The summed E-state index contributed by atoms with van der Waals surface area (Å²) in [5.74, 6) is 0.979. The van der Waals surface area contributed by atoms with Crippen molar-refractivity contribution in [3.8, 4) is 0 Å². The van der Waals surface area contributed by atoms with Crippen molar-refractivity contribution in [3.63, 3.8) is 0 Å². The van der Waals surface area contributed by atoms with Gasteiger partial charge in [0.2, 0.25) is 0 Å². The fraction of sp³-hybridized carbons (Fsp3) is 0.600. The van der Waals surface area contributed by atoms with E-state index < -0.39 is 6.04 Å². The Hall–Kier alpha value is -1.01. The Morgan fingerprint density at radius 3 is 2.94 bits per heavy atom. The standard InChI is InChI=1S/C10H17N3O2S/c1-7-4-8(13(2)12-7)5-16-6-9(11)10(14)15-3/h4,9H,5-6,11H2,1-3H3. The summed E-state index contributed by atoms with van der Waals surface area (Å²) in [5.41, 5.74) is 7.74. The Labute approximate surface area is 99.3 Å². The Kier molecular flexibility index (Phi) is 4.82. The van der Waals surface area contributed by atoms with E-state index in [0.29, 0.717) is 5.75 Å². The van der Waals surface area contributed by atoms with E-state index in [1.807, 2.05) is 24.7 Å². The molecule has 1 heterocycles. The first kappa shape index (κ1) is 13.1. The molecule has 6 heteroatoms. The van der Waals surface area contributed by atoms with E-state index >= 15 is 0 Å². The lowest BCUT2D eigenvalue weighted by molar-refractivity contribution is -0.141. The number of carbonyl (C=O) groups is 1. The zero-order chi connectivity index (χ0) is 12.1. The van der Waals surface area contributed by atoms with Crippen molar-refractivity contribution in [2.45, 2.75) is 18.7 Å². The monoisotopic (exact) mass is 243 g/mol. The lowest BCUT2D eigenvalue weighted by atomic mass is 10.4. The molecule has 0 amide bonds. The molecule has 0 saturated heterocycles. The predicted octanol–water partition coefficient (Wildman–Crippen LogP) is 0.462. The number of carbonyl (C=O) groups excluding carboxylic acids is 1. The number of hydrogen-bond acceptors (Lipinski definition) is 5. The molecule has 1 atom stereocenters. The third kappa shape index (κ3) is 3.53. The first-order chi connectivity index (χ1) is 7.54. The van der Waals surface area contributed by atoms with Crippen molar-refractivity contribution >= 4 is 17.7 Å². The van der Waals surface area contributed by atoms with Crippen LogP contribution in [0.5, 0.6) is 0 Å². The van der Waals surface area contributed by atoms with Crippen LogP contribution < -0.4 is 5.73 Å². The highest BCUT2D eigenvalue weighted by Crippen LogP contribution is 2.13. The summed E-state index contributed by atoms with van der Waals surface area (Å²) in [4.78, 5) is 11.0. The molecular formula is C10H17N3O2S. The molecule has 5 nitrogen and oxygen atoms in total. The number of hydrogen-bond donors (Lipinski definition) is 1. The van der Waals surface area contributed by atoms with Crippen LogP contribution in [0, 0.1) is 6.92 Å². The van der Waals surface area contributed by atoms with Crippen molar-refractivity contribution in [1.29, 1.82) is 0 Å². The van der Waals surface area contributed by atoms with Gasteiger partial charge in [0.15, 0.2) is 0 Å². The minimum absolute atomic E-state index is 0.367. The van der Waals surface area contributed by atoms with Gasteiger partial charge in [-0.2, -0.15) is 16.9 Å². The Morgan fingerprint density at radius 1 is 1.75 bits per heavy atom. The average molecular weight is 243 g/mol. The second-order valence-corrected chi connectivity index (χ2v) is 4.58. The third-order valence-electron chi connectivity index (χ3n) is 2.15. The molecule has 0 bridgehead atoms. The molecule has 90 valence electrons. The van der Waals surface area contributed by atoms with E-state index in [9.17, 15) is 4.79 Å². The molecule has 1 aromatic heterocycles. The minimum atomic E-state index is -0.552. The van der Waals surface area contributed by atoms with Crippen LogP contribution in [-0.2, 0) is 22.3 Å². The lowest BCUT2D eigenvalue weighted by Gasteiger charge is -2.08. The SMILES string of the molecule is COC(=O)C(N)CSCc1cc(C)nn1C. The fourth-order valence-corrected chi connectivity index (χ4v) is 2.30. The summed E-state index contributed by atoms with van der Waals surface area (Å²) >= 11 is 1.60. The summed E-state index contributed by atoms with van der Waals surface area (Å²) in [5, 5.41) is 4.24. The van der Waals surface area contributed by atoms with Crippen LogP contribution in [0.3, 0.4) is 0 Å². The highest BCUT2D eigenvalue weighted by Gasteiger charge is 2.13. The van der Waals surface area contributed by atoms with Crippen molar-refractivity contribution in [2.75, 3.05) is 12.9 Å². The fourth-order valence-electron chi connectivity index (χ4n) is 1.31. The van der Waals surface area contributed by atoms with Gasteiger partial charge in [0, 0.05) is 24.2 Å². The molecule has 0 saturated carbocycles. The van der Waals surface area contributed by atoms with Crippen LogP contribution in [0.15, 0.2) is 6.07 Å². The van der Waals surface area contributed by atoms with Crippen molar-refractivity contribution in [2.24, 2.45) is 12.8 Å². The van der Waals surface area contributed by atoms with Gasteiger partial charge in [0.1, 0.15) is 6.04 Å². The summed E-state index contributed by atoms with van der Waals surface area (Å²) in [7, 11) is 3.25. The van der Waals surface area contributed by atoms with E-state index in [0.717, 1.165) is 17.1 Å². The van der Waals surface area contributed by atoms with Crippen LogP contribution >= 0.6 is 11.8 Å². The molecule has 0 aliphatic rings. The van der Waals surface area contributed by atoms with Gasteiger partial charge < -0.3 is 10.5 Å². The number of aromatic nitrogens is 2. The van der Waals surface area contributed by atoms with E-state index in [-0.39, 0.29) is 5.97 Å². The quantitative estimate of drug-likeness (QED) is 0.761. The Balaban J connectivity index is 2.36. The van der Waals surface area contributed by atoms with Crippen molar-refractivity contribution < 1.29 is 9.53 Å². The van der Waals surface area contributed by atoms with Crippen LogP contribution in [0.25, 0.3) is 0 Å². The maximum absolute atomic E-state index is 11.0. The molecule has 1 unspecified atom stereocenters. The number of nitrogens with zero attached hydrogens (tertiary/aromatic N) is 2. The molecule has 0 aliphatic heterocycles. The Morgan fingerprint density at radius 2 is 2.44 bits per heavy atom. The van der Waals surface area contributed by atoms with Gasteiger partial charge in [-0.05, 0) is 13.0 Å². The molecular weight excluding hydrogens is 226 g/mol. The van der Waals surface area contributed by atoms with Crippen LogP contribution in [0.1, 0.15) is 11.4 Å². The molecule has 2 N–H and O–H groups in total.